The first-order valence-corrected chi connectivity index (χ1v) is 11.3. The number of hydrogen-bond acceptors (Lipinski definition) is 6. The number of para-hydroxylation sites is 1. The van der Waals surface area contributed by atoms with Gasteiger partial charge in [-0.15, -0.1) is 11.3 Å². The van der Waals surface area contributed by atoms with Gasteiger partial charge in [-0.1, -0.05) is 24.3 Å². The van der Waals surface area contributed by atoms with E-state index in [0.717, 1.165) is 9.18 Å². The van der Waals surface area contributed by atoms with E-state index in [1.54, 1.807) is 49.4 Å². The average Bonchev–Trinajstić information content (AvgIpc) is 3.31. The minimum Gasteiger partial charge on any atom is -0.497 e. The van der Waals surface area contributed by atoms with Crippen LogP contribution in [0.1, 0.15) is 11.8 Å². The molecule has 30 heavy (non-hydrogen) atoms. The highest BCUT2D eigenvalue weighted by atomic mass is 32.2. The van der Waals surface area contributed by atoms with Gasteiger partial charge < -0.3 is 4.74 Å². The van der Waals surface area contributed by atoms with Crippen molar-refractivity contribution in [3.63, 3.8) is 0 Å². The summed E-state index contributed by atoms with van der Waals surface area (Å²) >= 11 is 1.50. The number of thiophene rings is 1. The van der Waals surface area contributed by atoms with E-state index >= 15 is 0 Å². The number of nitrogens with one attached hydrogen (secondary N) is 1. The van der Waals surface area contributed by atoms with Crippen molar-refractivity contribution in [2.75, 3.05) is 18.0 Å². The highest BCUT2D eigenvalue weighted by Crippen LogP contribution is 2.24. The highest BCUT2D eigenvalue weighted by molar-refractivity contribution is 7.92. The second kappa shape index (κ2) is 9.55. The van der Waals surface area contributed by atoms with E-state index in [4.69, 9.17) is 4.74 Å². The van der Waals surface area contributed by atoms with Gasteiger partial charge in [0.15, 0.2) is 0 Å². The number of ether oxygens (including phenoxy) is 1. The number of nitrogens with zero attached hydrogens (tertiary/aromatic N) is 2. The summed E-state index contributed by atoms with van der Waals surface area (Å²) in [6, 6.07) is 18.3. The number of benzene rings is 2. The van der Waals surface area contributed by atoms with Gasteiger partial charge in [-0.05, 0) is 54.8 Å². The van der Waals surface area contributed by atoms with Crippen LogP contribution in [0.2, 0.25) is 0 Å². The number of hydrazone groups is 1. The molecule has 0 unspecified atom stereocenters. The molecule has 0 aliphatic rings. The van der Waals surface area contributed by atoms with Gasteiger partial charge in [0.25, 0.3) is 15.9 Å². The lowest BCUT2D eigenvalue weighted by Gasteiger charge is -2.23. The number of anilines is 1. The molecule has 0 saturated carbocycles. The molecular formula is C21H21N3O4S2. The molecule has 1 N–H and O–H groups in total. The molecule has 156 valence electrons. The minimum absolute atomic E-state index is 0.0539. The summed E-state index contributed by atoms with van der Waals surface area (Å²) in [5, 5.41) is 5.99. The third kappa shape index (κ3) is 5.05. The maximum absolute atomic E-state index is 13.3. The smallest absolute Gasteiger partial charge is 0.264 e. The highest BCUT2D eigenvalue weighted by Gasteiger charge is 2.27. The number of carbonyl (C=O) groups excluding carboxylic acids is 1. The fourth-order valence-electron chi connectivity index (χ4n) is 2.64. The number of carbonyl (C=O) groups is 1. The lowest BCUT2D eigenvalue weighted by molar-refractivity contribution is -0.119. The largest absolute Gasteiger partial charge is 0.497 e. The van der Waals surface area contributed by atoms with Gasteiger partial charge >= 0.3 is 0 Å². The quantitative estimate of drug-likeness (QED) is 0.426. The molecule has 0 saturated heterocycles. The predicted molar refractivity (Wildman–Crippen MR) is 119 cm³/mol. The summed E-state index contributed by atoms with van der Waals surface area (Å²) in [6.07, 6.45) is 0. The SMILES string of the molecule is COc1ccc(S(=O)(=O)N(CC(=O)N/N=C(/C)c2cccs2)c2ccccc2)cc1. The first-order valence-electron chi connectivity index (χ1n) is 9.00. The van der Waals surface area contributed by atoms with E-state index in [0.29, 0.717) is 17.1 Å². The van der Waals surface area contributed by atoms with Crippen molar-refractivity contribution in [1.29, 1.82) is 0 Å². The fraction of sp³-hybridized carbons (Fsp3) is 0.143. The van der Waals surface area contributed by atoms with Crippen LogP contribution in [0.15, 0.2) is 82.1 Å². The summed E-state index contributed by atoms with van der Waals surface area (Å²) in [5.74, 6) is -0.0109. The second-order valence-corrected chi connectivity index (χ2v) is 9.04. The zero-order valence-electron chi connectivity index (χ0n) is 16.5. The Morgan fingerprint density at radius 3 is 2.37 bits per heavy atom. The topological polar surface area (TPSA) is 88.1 Å². The zero-order chi connectivity index (χ0) is 21.6. The van der Waals surface area contributed by atoms with Crippen LogP contribution in [-0.2, 0) is 14.8 Å². The van der Waals surface area contributed by atoms with Gasteiger partial charge in [0, 0.05) is 4.88 Å². The van der Waals surface area contributed by atoms with Crippen molar-refractivity contribution >= 4 is 38.7 Å². The Morgan fingerprint density at radius 2 is 1.77 bits per heavy atom. The fourth-order valence-corrected chi connectivity index (χ4v) is 4.73. The molecule has 0 atom stereocenters. The van der Waals surface area contributed by atoms with Crippen LogP contribution in [0.3, 0.4) is 0 Å². The van der Waals surface area contributed by atoms with Gasteiger partial charge in [-0.25, -0.2) is 13.8 Å². The Balaban J connectivity index is 1.85. The van der Waals surface area contributed by atoms with E-state index in [2.05, 4.69) is 10.5 Å². The van der Waals surface area contributed by atoms with Crippen molar-refractivity contribution in [1.82, 2.24) is 5.43 Å². The van der Waals surface area contributed by atoms with Crippen molar-refractivity contribution in [3.8, 4) is 5.75 Å². The third-order valence-electron chi connectivity index (χ3n) is 4.20. The molecule has 1 heterocycles. The average molecular weight is 444 g/mol. The van der Waals surface area contributed by atoms with E-state index in [9.17, 15) is 13.2 Å². The van der Waals surface area contributed by atoms with Gasteiger partial charge in [0.2, 0.25) is 0 Å². The van der Waals surface area contributed by atoms with Crippen LogP contribution < -0.4 is 14.5 Å². The Morgan fingerprint density at radius 1 is 1.07 bits per heavy atom. The molecule has 0 bridgehead atoms. The molecule has 7 nitrogen and oxygen atoms in total. The van der Waals surface area contributed by atoms with Crippen LogP contribution in [0.5, 0.6) is 5.75 Å². The molecule has 3 rings (SSSR count). The van der Waals surface area contributed by atoms with Crippen molar-refractivity contribution < 1.29 is 17.9 Å². The molecule has 3 aromatic rings. The lowest BCUT2D eigenvalue weighted by Crippen LogP contribution is -2.39. The number of methoxy groups -OCH3 is 1. The molecule has 0 aliphatic carbocycles. The number of hydrogen-bond donors (Lipinski definition) is 1. The molecular weight excluding hydrogens is 422 g/mol. The first-order chi connectivity index (χ1) is 14.4. The molecule has 0 aliphatic heterocycles. The van der Waals surface area contributed by atoms with Gasteiger partial charge in [0.05, 0.1) is 23.4 Å². The molecule has 1 aromatic heterocycles. The molecule has 0 radical (unpaired) electrons. The standard InChI is InChI=1S/C21H21N3O4S2/c1-16(20-9-6-14-29-20)22-23-21(25)15-24(17-7-4-3-5-8-17)30(26,27)19-12-10-18(28-2)11-13-19/h3-14H,15H2,1-2H3,(H,23,25)/b22-16-. The van der Waals surface area contributed by atoms with Crippen molar-refractivity contribution in [2.24, 2.45) is 5.10 Å². The van der Waals surface area contributed by atoms with E-state index in [1.807, 2.05) is 17.5 Å². The molecule has 9 heteroatoms. The predicted octanol–water partition coefficient (Wildman–Crippen LogP) is 3.49. The summed E-state index contributed by atoms with van der Waals surface area (Å²) < 4.78 is 32.7. The Labute approximate surface area is 179 Å². The second-order valence-electron chi connectivity index (χ2n) is 6.23. The monoisotopic (exact) mass is 443 g/mol. The van der Waals surface area contributed by atoms with E-state index < -0.39 is 22.5 Å². The van der Waals surface area contributed by atoms with Crippen LogP contribution >= 0.6 is 11.3 Å². The van der Waals surface area contributed by atoms with Crippen LogP contribution in [-0.4, -0.2) is 33.7 Å². The maximum atomic E-state index is 13.3. The number of rotatable bonds is 8. The van der Waals surface area contributed by atoms with Crippen LogP contribution in [0, 0.1) is 0 Å². The van der Waals surface area contributed by atoms with E-state index in [1.165, 1.54) is 30.6 Å². The summed E-state index contributed by atoms with van der Waals surface area (Å²) in [6.45, 7) is 1.36. The van der Waals surface area contributed by atoms with Gasteiger partial charge in [-0.2, -0.15) is 5.10 Å². The summed E-state index contributed by atoms with van der Waals surface area (Å²) in [7, 11) is -2.48. The van der Waals surface area contributed by atoms with Gasteiger partial charge in [0.1, 0.15) is 12.3 Å². The normalized spacial score (nSPS) is 11.7. The van der Waals surface area contributed by atoms with Crippen LogP contribution in [0.25, 0.3) is 0 Å². The van der Waals surface area contributed by atoms with E-state index in [-0.39, 0.29) is 4.90 Å². The minimum atomic E-state index is -3.99. The Kier molecular flexibility index (Phi) is 6.86. The first kappa shape index (κ1) is 21.5. The number of sulfonamides is 1. The van der Waals surface area contributed by atoms with Crippen LogP contribution in [0.4, 0.5) is 5.69 Å². The van der Waals surface area contributed by atoms with Crippen molar-refractivity contribution in [3.05, 3.63) is 77.0 Å². The zero-order valence-corrected chi connectivity index (χ0v) is 18.1. The Hall–Kier alpha value is -3.17. The Bertz CT molecular complexity index is 1110. The summed E-state index contributed by atoms with van der Waals surface area (Å²) in [5.41, 5.74) is 3.46. The lowest BCUT2D eigenvalue weighted by atomic mass is 10.3. The molecule has 0 spiro atoms. The number of amides is 1. The van der Waals surface area contributed by atoms with Crippen molar-refractivity contribution in [2.45, 2.75) is 11.8 Å². The van der Waals surface area contributed by atoms with Gasteiger partial charge in [-0.3, -0.25) is 9.10 Å². The molecule has 0 fully saturated rings. The molecule has 2 aromatic carbocycles. The molecule has 1 amide bonds. The summed E-state index contributed by atoms with van der Waals surface area (Å²) in [4.78, 5) is 13.5. The third-order valence-corrected chi connectivity index (χ3v) is 6.97. The maximum Gasteiger partial charge on any atom is 0.264 e.